The van der Waals surface area contributed by atoms with Gasteiger partial charge in [0.05, 0.1) is 26.2 Å². The SMILES string of the molecule is Br.CCCCCCCCCCCCCCCC[N+](CC)(CC)CC. The quantitative estimate of drug-likeness (QED) is 0.160. The average Bonchev–Trinajstić information content (AvgIpc) is 2.59. The van der Waals surface area contributed by atoms with E-state index in [4.69, 9.17) is 0 Å². The summed E-state index contributed by atoms with van der Waals surface area (Å²) < 4.78 is 1.33. The van der Waals surface area contributed by atoms with Crippen LogP contribution in [0.25, 0.3) is 0 Å². The van der Waals surface area contributed by atoms with Gasteiger partial charge < -0.3 is 4.48 Å². The van der Waals surface area contributed by atoms with Crippen LogP contribution in [0.3, 0.4) is 0 Å². The molecule has 0 aliphatic heterocycles. The largest absolute Gasteiger partial charge is 0.324 e. The predicted octanol–water partition coefficient (Wildman–Crippen LogP) is 7.92. The maximum Gasteiger partial charge on any atom is 0.0786 e. The van der Waals surface area contributed by atoms with Crippen molar-refractivity contribution >= 4 is 17.0 Å². The molecule has 148 valence electrons. The van der Waals surface area contributed by atoms with Crippen molar-refractivity contribution in [3.63, 3.8) is 0 Å². The monoisotopic (exact) mass is 406 g/mol. The van der Waals surface area contributed by atoms with Crippen LogP contribution in [0.15, 0.2) is 0 Å². The van der Waals surface area contributed by atoms with Gasteiger partial charge in [0.2, 0.25) is 0 Å². The molecule has 0 heterocycles. The molecule has 24 heavy (non-hydrogen) atoms. The molecule has 0 saturated heterocycles. The smallest absolute Gasteiger partial charge is 0.0786 e. The first-order chi connectivity index (χ1) is 11.2. The lowest BCUT2D eigenvalue weighted by molar-refractivity contribution is -0.923. The third-order valence-corrected chi connectivity index (χ3v) is 6.00. The molecule has 0 aliphatic rings. The number of rotatable bonds is 18. The highest BCUT2D eigenvalue weighted by Gasteiger charge is 2.19. The second-order valence-corrected chi connectivity index (χ2v) is 7.61. The van der Waals surface area contributed by atoms with Crippen LogP contribution < -0.4 is 0 Å². The van der Waals surface area contributed by atoms with Crippen molar-refractivity contribution in [3.8, 4) is 0 Å². The van der Waals surface area contributed by atoms with E-state index >= 15 is 0 Å². The van der Waals surface area contributed by atoms with Gasteiger partial charge in [-0.1, -0.05) is 84.0 Å². The van der Waals surface area contributed by atoms with Crippen LogP contribution in [0.2, 0.25) is 0 Å². The lowest BCUT2D eigenvalue weighted by Gasteiger charge is -2.35. The van der Waals surface area contributed by atoms with Crippen LogP contribution >= 0.6 is 17.0 Å². The van der Waals surface area contributed by atoms with E-state index < -0.39 is 0 Å². The number of unbranched alkanes of at least 4 members (excludes halogenated alkanes) is 13. The fourth-order valence-electron chi connectivity index (χ4n) is 3.79. The first kappa shape index (κ1) is 26.7. The summed E-state index contributed by atoms with van der Waals surface area (Å²) in [6.45, 7) is 14.7. The summed E-state index contributed by atoms with van der Waals surface area (Å²) in [5.41, 5.74) is 0. The Morgan fingerprint density at radius 2 is 0.708 bits per heavy atom. The van der Waals surface area contributed by atoms with E-state index in [0.29, 0.717) is 0 Å². The van der Waals surface area contributed by atoms with Crippen molar-refractivity contribution in [1.29, 1.82) is 0 Å². The Bertz CT molecular complexity index is 218. The van der Waals surface area contributed by atoms with Gasteiger partial charge in [0, 0.05) is 0 Å². The topological polar surface area (TPSA) is 0 Å². The van der Waals surface area contributed by atoms with Crippen LogP contribution in [0.5, 0.6) is 0 Å². The standard InChI is InChI=1S/C22H48N.BrH/c1-5-9-10-11-12-13-14-15-16-17-18-19-20-21-22-23(6-2,7-3)8-4;/h5-22H2,1-4H3;1H/q+1;. The minimum atomic E-state index is 0. The van der Waals surface area contributed by atoms with Gasteiger partial charge in [-0.2, -0.15) is 0 Å². The first-order valence-electron chi connectivity index (χ1n) is 11.1. The Labute approximate surface area is 165 Å². The molecule has 0 spiro atoms. The van der Waals surface area contributed by atoms with E-state index in [9.17, 15) is 0 Å². The number of nitrogens with zero attached hydrogens (tertiary/aromatic N) is 1. The van der Waals surface area contributed by atoms with Gasteiger partial charge in [-0.25, -0.2) is 0 Å². The fraction of sp³-hybridized carbons (Fsp3) is 1.00. The molecule has 0 bridgehead atoms. The second kappa shape index (κ2) is 19.8. The average molecular weight is 408 g/mol. The van der Waals surface area contributed by atoms with Crippen molar-refractivity contribution in [1.82, 2.24) is 0 Å². The summed E-state index contributed by atoms with van der Waals surface area (Å²) in [6, 6.07) is 0. The molecule has 2 heteroatoms. The first-order valence-corrected chi connectivity index (χ1v) is 11.1. The van der Waals surface area contributed by atoms with Gasteiger partial charge in [0.15, 0.2) is 0 Å². The molecule has 0 aromatic rings. The normalized spacial score (nSPS) is 11.5. The van der Waals surface area contributed by atoms with E-state index in [2.05, 4.69) is 27.7 Å². The molecule has 1 nitrogen and oxygen atoms in total. The van der Waals surface area contributed by atoms with Gasteiger partial charge in [-0.3, -0.25) is 0 Å². The summed E-state index contributed by atoms with van der Waals surface area (Å²) >= 11 is 0. The molecule has 0 rings (SSSR count). The summed E-state index contributed by atoms with van der Waals surface area (Å²) in [7, 11) is 0. The molecule has 0 amide bonds. The van der Waals surface area contributed by atoms with Crippen LogP contribution in [0, 0.1) is 0 Å². The molecule has 0 fully saturated rings. The number of hydrogen-bond donors (Lipinski definition) is 0. The molecule has 0 radical (unpaired) electrons. The molecular weight excluding hydrogens is 358 g/mol. The zero-order valence-electron chi connectivity index (χ0n) is 17.6. The Balaban J connectivity index is 0. The molecule has 0 aliphatic carbocycles. The van der Waals surface area contributed by atoms with Crippen LogP contribution in [-0.2, 0) is 0 Å². The zero-order valence-corrected chi connectivity index (χ0v) is 19.3. The van der Waals surface area contributed by atoms with Crippen LogP contribution in [-0.4, -0.2) is 30.7 Å². The van der Waals surface area contributed by atoms with Crippen molar-refractivity contribution in [2.75, 3.05) is 26.2 Å². The molecule has 0 atom stereocenters. The number of quaternary nitrogens is 1. The summed E-state index contributed by atoms with van der Waals surface area (Å²) in [5, 5.41) is 0. The van der Waals surface area contributed by atoms with Gasteiger partial charge in [0.1, 0.15) is 0 Å². The maximum absolute atomic E-state index is 2.36. The van der Waals surface area contributed by atoms with E-state index in [-0.39, 0.29) is 17.0 Å². The van der Waals surface area contributed by atoms with Gasteiger partial charge in [0.25, 0.3) is 0 Å². The predicted molar refractivity (Wildman–Crippen MR) is 117 cm³/mol. The van der Waals surface area contributed by atoms with E-state index in [1.54, 1.807) is 0 Å². The van der Waals surface area contributed by atoms with Gasteiger partial charge in [-0.15, -0.1) is 17.0 Å². The Morgan fingerprint density at radius 3 is 1.00 bits per heavy atom. The fourth-order valence-corrected chi connectivity index (χ4v) is 3.79. The zero-order chi connectivity index (χ0) is 17.2. The van der Waals surface area contributed by atoms with E-state index in [1.165, 1.54) is 121 Å². The van der Waals surface area contributed by atoms with Crippen molar-refractivity contribution in [3.05, 3.63) is 0 Å². The highest BCUT2D eigenvalue weighted by atomic mass is 79.9. The lowest BCUT2D eigenvalue weighted by Crippen LogP contribution is -2.48. The second-order valence-electron chi connectivity index (χ2n) is 7.61. The minimum absolute atomic E-state index is 0. The highest BCUT2D eigenvalue weighted by molar-refractivity contribution is 8.93. The van der Waals surface area contributed by atoms with E-state index in [1.807, 2.05) is 0 Å². The van der Waals surface area contributed by atoms with Crippen molar-refractivity contribution in [2.45, 2.75) is 118 Å². The molecule has 0 aromatic heterocycles. The molecule has 0 saturated carbocycles. The van der Waals surface area contributed by atoms with Crippen molar-refractivity contribution in [2.24, 2.45) is 0 Å². The molecule has 0 aromatic carbocycles. The maximum atomic E-state index is 2.36. The minimum Gasteiger partial charge on any atom is -0.324 e. The highest BCUT2D eigenvalue weighted by Crippen LogP contribution is 2.14. The van der Waals surface area contributed by atoms with Gasteiger partial charge >= 0.3 is 0 Å². The Hall–Kier alpha value is 0.440. The summed E-state index contributed by atoms with van der Waals surface area (Å²) in [5.74, 6) is 0. The van der Waals surface area contributed by atoms with Gasteiger partial charge in [-0.05, 0) is 33.6 Å². The summed E-state index contributed by atoms with van der Waals surface area (Å²) in [4.78, 5) is 0. The van der Waals surface area contributed by atoms with Crippen molar-refractivity contribution < 1.29 is 4.48 Å². The Morgan fingerprint density at radius 1 is 0.417 bits per heavy atom. The third-order valence-electron chi connectivity index (χ3n) is 6.00. The molecule has 0 unspecified atom stereocenters. The van der Waals surface area contributed by atoms with E-state index in [0.717, 1.165) is 0 Å². The molecular formula is C22H49BrN+. The number of hydrogen-bond acceptors (Lipinski definition) is 0. The van der Waals surface area contributed by atoms with Crippen LogP contribution in [0.1, 0.15) is 118 Å². The third kappa shape index (κ3) is 14.8. The number of halogens is 1. The van der Waals surface area contributed by atoms with Crippen LogP contribution in [0.4, 0.5) is 0 Å². The summed E-state index contributed by atoms with van der Waals surface area (Å²) in [6.07, 6.45) is 20.5. The Kier molecular flexibility index (Phi) is 22.0. The lowest BCUT2D eigenvalue weighted by atomic mass is 10.0. The molecule has 0 N–H and O–H groups in total.